The monoisotopic (exact) mass is 315 g/mol. The van der Waals surface area contributed by atoms with Gasteiger partial charge in [0, 0.05) is 11.1 Å². The summed E-state index contributed by atoms with van der Waals surface area (Å²) < 4.78 is 0. The predicted octanol–water partition coefficient (Wildman–Crippen LogP) is 2.79. The number of nitrogens with two attached hydrogens (primary N) is 1. The summed E-state index contributed by atoms with van der Waals surface area (Å²) in [6.45, 7) is 0. The second-order valence-corrected chi connectivity index (χ2v) is 5.28. The molecule has 116 valence electrons. The second-order valence-electron chi connectivity index (χ2n) is 5.28. The molecule has 24 heavy (non-hydrogen) atoms. The molecule has 6 nitrogen and oxygen atoms in total. The molecule has 3 N–H and O–H groups in total. The minimum atomic E-state index is -0.509. The Labute approximate surface area is 137 Å². The number of aromatic amines is 1. The average Bonchev–Trinajstić information content (AvgIpc) is 3.10. The van der Waals surface area contributed by atoms with Gasteiger partial charge in [-0.25, -0.2) is 15.0 Å². The summed E-state index contributed by atoms with van der Waals surface area (Å²) in [5.41, 5.74) is 10.3. The summed E-state index contributed by atoms with van der Waals surface area (Å²) in [7, 11) is 0. The highest BCUT2D eigenvalue weighted by Crippen LogP contribution is 2.36. The largest absolute Gasteiger partial charge is 0.366 e. The van der Waals surface area contributed by atoms with Crippen molar-refractivity contribution in [2.24, 2.45) is 5.73 Å². The summed E-state index contributed by atoms with van der Waals surface area (Å²) in [6.07, 6.45) is 3.00. The summed E-state index contributed by atoms with van der Waals surface area (Å²) in [6, 6.07) is 15.2. The molecule has 0 bridgehead atoms. The van der Waals surface area contributed by atoms with Crippen LogP contribution in [0.5, 0.6) is 0 Å². The molecule has 0 atom stereocenters. The highest BCUT2D eigenvalue weighted by atomic mass is 16.1. The van der Waals surface area contributed by atoms with E-state index in [-0.39, 0.29) is 0 Å². The highest BCUT2D eigenvalue weighted by Gasteiger charge is 2.20. The lowest BCUT2D eigenvalue weighted by molar-refractivity contribution is 0.100. The van der Waals surface area contributed by atoms with Crippen molar-refractivity contribution in [2.45, 2.75) is 0 Å². The van der Waals surface area contributed by atoms with Crippen LogP contribution in [0.25, 0.3) is 33.5 Å². The first kappa shape index (κ1) is 14.1. The molecular weight excluding hydrogens is 302 g/mol. The Morgan fingerprint density at radius 2 is 1.79 bits per heavy atom. The van der Waals surface area contributed by atoms with E-state index in [1.165, 1.54) is 6.33 Å². The maximum atomic E-state index is 12.0. The molecule has 0 aliphatic rings. The molecule has 0 spiro atoms. The first-order valence-electron chi connectivity index (χ1n) is 7.38. The average molecular weight is 315 g/mol. The minimum absolute atomic E-state index is 0.402. The number of carbonyl (C=O) groups excluding carboxylic acids is 1. The van der Waals surface area contributed by atoms with E-state index in [1.54, 1.807) is 12.4 Å². The number of H-pyrrole nitrogens is 1. The zero-order chi connectivity index (χ0) is 16.5. The third-order valence-electron chi connectivity index (χ3n) is 3.87. The molecule has 0 radical (unpaired) electrons. The minimum Gasteiger partial charge on any atom is -0.366 e. The Balaban J connectivity index is 2.10. The number of aromatic nitrogens is 4. The zero-order valence-electron chi connectivity index (χ0n) is 12.6. The fraction of sp³-hybridized carbons (Fsp3) is 0. The van der Waals surface area contributed by atoms with Crippen LogP contribution in [0.4, 0.5) is 0 Å². The van der Waals surface area contributed by atoms with E-state index in [2.05, 4.69) is 19.9 Å². The number of carbonyl (C=O) groups is 1. The van der Waals surface area contributed by atoms with Crippen LogP contribution in [-0.2, 0) is 0 Å². The summed E-state index contributed by atoms with van der Waals surface area (Å²) in [5, 5.41) is 0. The quantitative estimate of drug-likeness (QED) is 0.607. The normalized spacial score (nSPS) is 10.8. The highest BCUT2D eigenvalue weighted by molar-refractivity contribution is 6.06. The van der Waals surface area contributed by atoms with Gasteiger partial charge in [-0.2, -0.15) is 0 Å². The lowest BCUT2D eigenvalue weighted by atomic mass is 9.92. The molecule has 0 aliphatic heterocycles. The predicted molar refractivity (Wildman–Crippen MR) is 91.1 cm³/mol. The smallest absolute Gasteiger partial charge is 0.249 e. The standard InChI is InChI=1S/C18H13N5O/c19-17(24)13-8-4-7-12(11-5-2-1-3-6-11)14(13)15-16-18(22-9-20-15)23-10-21-16/h1-10H,(H2,19,24)(H,20,21,22,23). The topological polar surface area (TPSA) is 97.5 Å². The van der Waals surface area contributed by atoms with Crippen molar-refractivity contribution < 1.29 is 4.79 Å². The third-order valence-corrected chi connectivity index (χ3v) is 3.87. The molecule has 2 aromatic carbocycles. The Morgan fingerprint density at radius 1 is 0.958 bits per heavy atom. The van der Waals surface area contributed by atoms with Crippen LogP contribution in [0.2, 0.25) is 0 Å². The lowest BCUT2D eigenvalue weighted by Gasteiger charge is -2.13. The first-order valence-corrected chi connectivity index (χ1v) is 7.38. The van der Waals surface area contributed by atoms with Gasteiger partial charge in [0.2, 0.25) is 5.91 Å². The van der Waals surface area contributed by atoms with Crippen LogP contribution >= 0.6 is 0 Å². The maximum absolute atomic E-state index is 12.0. The van der Waals surface area contributed by atoms with Crippen LogP contribution in [0.15, 0.2) is 61.2 Å². The van der Waals surface area contributed by atoms with Gasteiger partial charge in [0.05, 0.1) is 6.33 Å². The molecule has 4 rings (SSSR count). The summed E-state index contributed by atoms with van der Waals surface area (Å²) in [4.78, 5) is 27.8. The van der Waals surface area contributed by atoms with Crippen LogP contribution in [0.3, 0.4) is 0 Å². The SMILES string of the molecule is NC(=O)c1cccc(-c2ccccc2)c1-c1ncnc2[nH]cnc12. The summed E-state index contributed by atoms with van der Waals surface area (Å²) in [5.74, 6) is -0.509. The number of imidazole rings is 1. The lowest BCUT2D eigenvalue weighted by Crippen LogP contribution is -2.13. The van der Waals surface area contributed by atoms with E-state index >= 15 is 0 Å². The molecule has 0 saturated heterocycles. The number of rotatable bonds is 3. The van der Waals surface area contributed by atoms with Crippen molar-refractivity contribution in [3.8, 4) is 22.4 Å². The fourth-order valence-electron chi connectivity index (χ4n) is 2.82. The zero-order valence-corrected chi connectivity index (χ0v) is 12.6. The molecule has 0 saturated carbocycles. The molecular formula is C18H13N5O. The fourth-order valence-corrected chi connectivity index (χ4v) is 2.82. The van der Waals surface area contributed by atoms with E-state index in [0.29, 0.717) is 28.0 Å². The number of nitrogens with one attached hydrogen (secondary N) is 1. The van der Waals surface area contributed by atoms with Gasteiger partial charge in [-0.1, -0.05) is 42.5 Å². The van der Waals surface area contributed by atoms with Crippen molar-refractivity contribution in [3.63, 3.8) is 0 Å². The maximum Gasteiger partial charge on any atom is 0.249 e. The van der Waals surface area contributed by atoms with Crippen molar-refractivity contribution in [2.75, 3.05) is 0 Å². The Morgan fingerprint density at radius 3 is 2.58 bits per heavy atom. The number of primary amides is 1. The van der Waals surface area contributed by atoms with Gasteiger partial charge < -0.3 is 10.7 Å². The Hall–Kier alpha value is -3.54. The second kappa shape index (κ2) is 5.58. The third kappa shape index (κ3) is 2.21. The Bertz CT molecular complexity index is 1040. The first-order chi connectivity index (χ1) is 11.8. The van der Waals surface area contributed by atoms with Crippen LogP contribution in [0.1, 0.15) is 10.4 Å². The number of hydrogen-bond donors (Lipinski definition) is 2. The van der Waals surface area contributed by atoms with Crippen LogP contribution < -0.4 is 5.73 Å². The van der Waals surface area contributed by atoms with E-state index < -0.39 is 5.91 Å². The van der Waals surface area contributed by atoms with Crippen molar-refractivity contribution in [3.05, 3.63) is 66.7 Å². The van der Waals surface area contributed by atoms with E-state index in [1.807, 2.05) is 42.5 Å². The number of hydrogen-bond acceptors (Lipinski definition) is 4. The van der Waals surface area contributed by atoms with Gasteiger partial charge in [0.15, 0.2) is 5.65 Å². The van der Waals surface area contributed by atoms with Crippen molar-refractivity contribution in [1.82, 2.24) is 19.9 Å². The molecule has 2 aromatic heterocycles. The molecule has 4 aromatic rings. The van der Waals surface area contributed by atoms with Crippen molar-refractivity contribution in [1.29, 1.82) is 0 Å². The number of benzene rings is 2. The van der Waals surface area contributed by atoms with Gasteiger partial charge in [0.25, 0.3) is 0 Å². The molecule has 0 unspecified atom stereocenters. The molecule has 2 heterocycles. The van der Waals surface area contributed by atoms with Crippen LogP contribution in [0, 0.1) is 0 Å². The Kier molecular flexibility index (Phi) is 3.28. The number of amides is 1. The molecule has 6 heteroatoms. The van der Waals surface area contributed by atoms with Gasteiger partial charge in [-0.05, 0) is 17.2 Å². The van der Waals surface area contributed by atoms with Gasteiger partial charge >= 0.3 is 0 Å². The number of nitrogens with zero attached hydrogens (tertiary/aromatic N) is 3. The molecule has 0 fully saturated rings. The van der Waals surface area contributed by atoms with E-state index in [9.17, 15) is 4.79 Å². The van der Waals surface area contributed by atoms with Crippen LogP contribution in [-0.4, -0.2) is 25.8 Å². The van der Waals surface area contributed by atoms with Gasteiger partial charge in [0.1, 0.15) is 17.5 Å². The van der Waals surface area contributed by atoms with Gasteiger partial charge in [-0.3, -0.25) is 4.79 Å². The van der Waals surface area contributed by atoms with E-state index in [4.69, 9.17) is 5.73 Å². The van der Waals surface area contributed by atoms with Gasteiger partial charge in [-0.15, -0.1) is 0 Å². The molecule has 1 amide bonds. The van der Waals surface area contributed by atoms with Crippen molar-refractivity contribution >= 4 is 17.1 Å². The molecule has 0 aliphatic carbocycles. The summed E-state index contributed by atoms with van der Waals surface area (Å²) >= 11 is 0. The van der Waals surface area contributed by atoms with E-state index in [0.717, 1.165) is 11.1 Å². The number of fused-ring (bicyclic) bond motifs is 1.